The van der Waals surface area contributed by atoms with Gasteiger partial charge in [-0.3, -0.25) is 19.8 Å². The second-order valence-corrected chi connectivity index (χ2v) is 8.71. The number of rotatable bonds is 7. The number of carboxylic acid groups (broad SMARTS) is 1. The van der Waals surface area contributed by atoms with Gasteiger partial charge < -0.3 is 10.2 Å². The summed E-state index contributed by atoms with van der Waals surface area (Å²) in [5.74, 6) is -2.32. The van der Waals surface area contributed by atoms with E-state index in [4.69, 9.17) is 0 Å². The van der Waals surface area contributed by atoms with Crippen LogP contribution in [0.1, 0.15) is 18.9 Å². The zero-order chi connectivity index (χ0) is 19.9. The number of aliphatic hydroxyl groups excluding tert-OH is 1. The largest absolute Gasteiger partial charge is 0.477 e. The van der Waals surface area contributed by atoms with Crippen LogP contribution in [0.25, 0.3) is 0 Å². The van der Waals surface area contributed by atoms with Gasteiger partial charge in [-0.25, -0.2) is 4.79 Å². The van der Waals surface area contributed by atoms with Crippen LogP contribution in [0.15, 0.2) is 34.2 Å². The van der Waals surface area contributed by atoms with Gasteiger partial charge in [-0.15, -0.1) is 11.8 Å². The SMILES string of the molecule is CC[C@H](O)[C@@H]1C(=O)N2C(C(=O)O)=C(SC)S[C@]12Cc1ccc([N+](=O)[O-])cc1. The summed E-state index contributed by atoms with van der Waals surface area (Å²) in [6.45, 7) is 1.76. The zero-order valence-electron chi connectivity index (χ0n) is 14.6. The molecule has 1 aromatic rings. The summed E-state index contributed by atoms with van der Waals surface area (Å²) in [6.07, 6.45) is 1.50. The van der Waals surface area contributed by atoms with Crippen LogP contribution in [0.5, 0.6) is 0 Å². The van der Waals surface area contributed by atoms with Gasteiger partial charge in [0.05, 0.1) is 21.2 Å². The van der Waals surface area contributed by atoms with Crippen molar-refractivity contribution in [2.45, 2.75) is 30.7 Å². The van der Waals surface area contributed by atoms with Gasteiger partial charge in [0, 0.05) is 18.6 Å². The monoisotopic (exact) mass is 410 g/mol. The predicted octanol–water partition coefficient (Wildman–Crippen LogP) is 2.43. The first kappa shape index (κ1) is 19.7. The van der Waals surface area contributed by atoms with Gasteiger partial charge in [-0.2, -0.15) is 0 Å². The third-order valence-corrected chi connectivity index (χ3v) is 7.46. The molecule has 2 aliphatic heterocycles. The number of β-lactam (4-membered cyclic amide) rings is 1. The molecule has 2 heterocycles. The highest BCUT2D eigenvalue weighted by atomic mass is 32.2. The highest BCUT2D eigenvalue weighted by Crippen LogP contribution is 2.62. The molecule has 144 valence electrons. The van der Waals surface area contributed by atoms with Gasteiger partial charge in [0.2, 0.25) is 5.91 Å². The van der Waals surface area contributed by atoms with Crippen LogP contribution in [0, 0.1) is 16.0 Å². The molecule has 1 fully saturated rings. The Bertz CT molecular complexity index is 840. The predicted molar refractivity (Wildman–Crippen MR) is 102 cm³/mol. The number of aliphatic hydroxyl groups is 1. The Morgan fingerprint density at radius 1 is 1.44 bits per heavy atom. The molecule has 1 aromatic carbocycles. The van der Waals surface area contributed by atoms with Crippen LogP contribution < -0.4 is 0 Å². The van der Waals surface area contributed by atoms with E-state index in [1.54, 1.807) is 25.3 Å². The molecule has 1 saturated heterocycles. The van der Waals surface area contributed by atoms with Crippen molar-refractivity contribution in [2.75, 3.05) is 6.26 Å². The van der Waals surface area contributed by atoms with Gasteiger partial charge >= 0.3 is 5.97 Å². The molecule has 8 nitrogen and oxygen atoms in total. The number of benzene rings is 1. The average Bonchev–Trinajstić information content (AvgIpc) is 2.92. The number of nitrogens with zero attached hydrogens (tertiary/aromatic N) is 2. The first-order valence-corrected chi connectivity index (χ1v) is 10.3. The molecule has 0 aliphatic carbocycles. The first-order chi connectivity index (χ1) is 12.8. The van der Waals surface area contributed by atoms with Crippen molar-refractivity contribution in [1.29, 1.82) is 0 Å². The molecule has 0 aromatic heterocycles. The minimum atomic E-state index is -1.18. The molecule has 0 saturated carbocycles. The molecular formula is C17H18N2O6S2. The van der Waals surface area contributed by atoms with Crippen LogP contribution in [-0.4, -0.2) is 49.1 Å². The van der Waals surface area contributed by atoms with E-state index in [-0.39, 0.29) is 17.8 Å². The van der Waals surface area contributed by atoms with Crippen molar-refractivity contribution in [1.82, 2.24) is 4.90 Å². The number of nitro benzene ring substituents is 1. The van der Waals surface area contributed by atoms with Crippen LogP contribution in [-0.2, 0) is 16.0 Å². The fourth-order valence-corrected chi connectivity index (χ4v) is 6.21. The Hall–Kier alpha value is -2.04. The number of carboxylic acids is 1. The first-order valence-electron chi connectivity index (χ1n) is 8.22. The van der Waals surface area contributed by atoms with E-state index < -0.39 is 33.7 Å². The maximum Gasteiger partial charge on any atom is 0.354 e. The van der Waals surface area contributed by atoms with E-state index in [1.165, 1.54) is 40.6 Å². The minimum absolute atomic E-state index is 0.0452. The number of aliphatic carboxylic acids is 1. The van der Waals surface area contributed by atoms with Gasteiger partial charge in [-0.05, 0) is 18.2 Å². The Balaban J connectivity index is 2.00. The number of carbonyl (C=O) groups excluding carboxylic acids is 1. The number of non-ortho nitro benzene ring substituents is 1. The molecule has 0 radical (unpaired) electrons. The summed E-state index contributed by atoms with van der Waals surface area (Å²) in [4.78, 5) is 35.2. The van der Waals surface area contributed by atoms with Crippen molar-refractivity contribution in [3.8, 4) is 0 Å². The molecule has 3 atom stereocenters. The highest BCUT2D eigenvalue weighted by Gasteiger charge is 2.68. The number of hydrogen-bond acceptors (Lipinski definition) is 7. The quantitative estimate of drug-likeness (QED) is 0.399. The number of hydrogen-bond donors (Lipinski definition) is 2. The highest BCUT2D eigenvalue weighted by molar-refractivity contribution is 8.22. The van der Waals surface area contributed by atoms with Crippen LogP contribution >= 0.6 is 23.5 Å². The fraction of sp³-hybridized carbons (Fsp3) is 0.412. The summed E-state index contributed by atoms with van der Waals surface area (Å²) < 4.78 is 0.517. The lowest BCUT2D eigenvalue weighted by molar-refractivity contribution is -0.384. The molecule has 10 heteroatoms. The number of nitro groups is 1. The Kier molecular flexibility index (Phi) is 5.24. The second-order valence-electron chi connectivity index (χ2n) is 6.32. The molecule has 1 amide bonds. The second kappa shape index (κ2) is 7.17. The standard InChI is InChI=1S/C17H18N2O6S2/c1-3-11(20)12-14(21)18-13(15(22)23)16(26-2)27-17(12,18)8-9-4-6-10(7-5-9)19(24)25/h4-7,11-12,20H,3,8H2,1-2H3,(H,22,23)/t11-,12+,17+/m0/s1. The Morgan fingerprint density at radius 2 is 2.07 bits per heavy atom. The molecular weight excluding hydrogens is 392 g/mol. The number of fused-ring (bicyclic) bond motifs is 1. The normalized spacial score (nSPS) is 25.2. The van der Waals surface area contributed by atoms with Crippen LogP contribution in [0.2, 0.25) is 0 Å². The van der Waals surface area contributed by atoms with Crippen molar-refractivity contribution in [2.24, 2.45) is 5.92 Å². The average molecular weight is 410 g/mol. The number of amides is 1. The molecule has 27 heavy (non-hydrogen) atoms. The van der Waals surface area contributed by atoms with Crippen molar-refractivity contribution in [3.63, 3.8) is 0 Å². The van der Waals surface area contributed by atoms with Gasteiger partial charge in [0.1, 0.15) is 4.87 Å². The molecule has 0 unspecified atom stereocenters. The maximum atomic E-state index is 12.7. The number of thioether (sulfide) groups is 2. The fourth-order valence-electron chi connectivity index (χ4n) is 3.58. The lowest BCUT2D eigenvalue weighted by atomic mass is 9.77. The summed E-state index contributed by atoms with van der Waals surface area (Å²) in [6, 6.07) is 5.95. The van der Waals surface area contributed by atoms with Gasteiger partial charge in [-0.1, -0.05) is 30.8 Å². The van der Waals surface area contributed by atoms with E-state index in [0.29, 0.717) is 10.7 Å². The molecule has 0 bridgehead atoms. The maximum absolute atomic E-state index is 12.7. The Morgan fingerprint density at radius 3 is 2.56 bits per heavy atom. The summed E-state index contributed by atoms with van der Waals surface area (Å²) in [5, 5.41) is 30.9. The number of carbonyl (C=O) groups is 2. The lowest BCUT2D eigenvalue weighted by Gasteiger charge is -2.54. The van der Waals surface area contributed by atoms with Crippen molar-refractivity contribution >= 4 is 41.1 Å². The minimum Gasteiger partial charge on any atom is -0.477 e. The topological polar surface area (TPSA) is 121 Å². The third-order valence-electron chi connectivity index (χ3n) is 4.83. The van der Waals surface area contributed by atoms with Gasteiger partial charge in [0.25, 0.3) is 5.69 Å². The van der Waals surface area contributed by atoms with E-state index >= 15 is 0 Å². The lowest BCUT2D eigenvalue weighted by Crippen LogP contribution is -2.71. The molecule has 2 aliphatic rings. The molecule has 0 spiro atoms. The van der Waals surface area contributed by atoms with Crippen LogP contribution in [0.4, 0.5) is 5.69 Å². The summed E-state index contributed by atoms with van der Waals surface area (Å²) in [7, 11) is 0. The van der Waals surface area contributed by atoms with E-state index in [0.717, 1.165) is 5.56 Å². The van der Waals surface area contributed by atoms with Crippen molar-refractivity contribution < 1.29 is 24.7 Å². The van der Waals surface area contributed by atoms with E-state index in [2.05, 4.69) is 0 Å². The molecule has 3 rings (SSSR count). The zero-order valence-corrected chi connectivity index (χ0v) is 16.2. The Labute approximate surface area is 163 Å². The van der Waals surface area contributed by atoms with Gasteiger partial charge in [0.15, 0.2) is 5.70 Å². The van der Waals surface area contributed by atoms with Crippen molar-refractivity contribution in [3.05, 3.63) is 49.9 Å². The summed E-state index contributed by atoms with van der Waals surface area (Å²) in [5.41, 5.74) is 0.626. The van der Waals surface area contributed by atoms with E-state index in [9.17, 15) is 29.9 Å². The van der Waals surface area contributed by atoms with Crippen LogP contribution in [0.3, 0.4) is 0 Å². The summed E-state index contributed by atoms with van der Waals surface area (Å²) >= 11 is 2.53. The smallest absolute Gasteiger partial charge is 0.354 e. The third kappa shape index (κ3) is 3.01. The van der Waals surface area contributed by atoms with E-state index in [1.807, 2.05) is 0 Å². The molecule has 2 N–H and O–H groups in total.